The Balaban J connectivity index is 2.42. The van der Waals surface area contributed by atoms with Gasteiger partial charge in [0.1, 0.15) is 0 Å². The highest BCUT2D eigenvalue weighted by Gasteiger charge is 2.13. The molecular weight excluding hydrogens is 108 g/mol. The molecule has 0 aromatic carbocycles. The molecule has 0 N–H and O–H groups in total. The van der Waals surface area contributed by atoms with Crippen molar-refractivity contribution in [3.63, 3.8) is 0 Å². The minimum Gasteiger partial charge on any atom is -0.103 e. The van der Waals surface area contributed by atoms with Gasteiger partial charge in [0.05, 0.1) is 0 Å². The van der Waals surface area contributed by atoms with E-state index in [0.717, 1.165) is 5.92 Å². The molecule has 0 aromatic rings. The molecule has 0 heteroatoms. The van der Waals surface area contributed by atoms with E-state index in [9.17, 15) is 0 Å². The minimum atomic E-state index is 0.670. The third-order valence-electron chi connectivity index (χ3n) is 2.10. The van der Waals surface area contributed by atoms with E-state index < -0.39 is 0 Å². The van der Waals surface area contributed by atoms with Crippen molar-refractivity contribution in [1.82, 2.24) is 0 Å². The zero-order valence-electron chi connectivity index (χ0n) is 6.01. The lowest BCUT2D eigenvalue weighted by Gasteiger charge is -2.11. The van der Waals surface area contributed by atoms with Gasteiger partial charge < -0.3 is 0 Å². The van der Waals surface area contributed by atoms with E-state index in [0.29, 0.717) is 5.92 Å². The van der Waals surface area contributed by atoms with Crippen molar-refractivity contribution in [2.75, 3.05) is 0 Å². The largest absolute Gasteiger partial charge is 0.103 e. The fourth-order valence-electron chi connectivity index (χ4n) is 1.27. The standard InChI is InChI=1S/C9H14/c1-3-8(2)9-6-4-5-7-9/h3-4,6,8-9H,1,5,7H2,2H3. The highest BCUT2D eigenvalue weighted by molar-refractivity contribution is 5.01. The van der Waals surface area contributed by atoms with Gasteiger partial charge in [-0.25, -0.2) is 0 Å². The maximum Gasteiger partial charge on any atom is -0.0170 e. The number of hydrogen-bond donors (Lipinski definition) is 0. The van der Waals surface area contributed by atoms with Crippen LogP contribution in [0, 0.1) is 11.8 Å². The molecule has 0 nitrogen and oxygen atoms in total. The van der Waals surface area contributed by atoms with Gasteiger partial charge in [-0.05, 0) is 24.7 Å². The summed E-state index contributed by atoms with van der Waals surface area (Å²) in [5, 5.41) is 0. The van der Waals surface area contributed by atoms with Gasteiger partial charge >= 0.3 is 0 Å². The molecular formula is C9H14. The molecule has 0 aromatic heterocycles. The first-order valence-corrected chi connectivity index (χ1v) is 3.64. The van der Waals surface area contributed by atoms with Gasteiger partial charge in [-0.15, -0.1) is 6.58 Å². The molecule has 0 saturated heterocycles. The number of rotatable bonds is 2. The molecule has 0 saturated carbocycles. The van der Waals surface area contributed by atoms with Crippen molar-refractivity contribution in [3.8, 4) is 0 Å². The van der Waals surface area contributed by atoms with Crippen molar-refractivity contribution in [2.45, 2.75) is 19.8 Å². The van der Waals surface area contributed by atoms with Crippen LogP contribution in [0.4, 0.5) is 0 Å². The average Bonchev–Trinajstić information content (AvgIpc) is 2.37. The van der Waals surface area contributed by atoms with Crippen molar-refractivity contribution in [3.05, 3.63) is 24.8 Å². The van der Waals surface area contributed by atoms with E-state index >= 15 is 0 Å². The average molecular weight is 122 g/mol. The molecule has 1 aliphatic rings. The molecule has 0 heterocycles. The summed E-state index contributed by atoms with van der Waals surface area (Å²) in [6.07, 6.45) is 9.22. The Morgan fingerprint density at radius 2 is 2.56 bits per heavy atom. The summed E-state index contributed by atoms with van der Waals surface area (Å²) in [7, 11) is 0. The highest BCUT2D eigenvalue weighted by Crippen LogP contribution is 2.25. The Bertz CT molecular complexity index is 122. The molecule has 0 aliphatic heterocycles. The fourth-order valence-corrected chi connectivity index (χ4v) is 1.27. The first-order valence-electron chi connectivity index (χ1n) is 3.64. The first kappa shape index (κ1) is 6.60. The predicted molar refractivity (Wildman–Crippen MR) is 41.2 cm³/mol. The van der Waals surface area contributed by atoms with Gasteiger partial charge in [-0.3, -0.25) is 0 Å². The van der Waals surface area contributed by atoms with Gasteiger partial charge in [-0.2, -0.15) is 0 Å². The molecule has 2 atom stereocenters. The van der Waals surface area contributed by atoms with Crippen LogP contribution in [0.1, 0.15) is 19.8 Å². The number of hydrogen-bond acceptors (Lipinski definition) is 0. The molecule has 2 unspecified atom stereocenters. The zero-order valence-corrected chi connectivity index (χ0v) is 6.01. The Hall–Kier alpha value is -0.520. The Kier molecular flexibility index (Phi) is 2.10. The molecule has 0 radical (unpaired) electrons. The normalized spacial score (nSPS) is 28.3. The molecule has 1 rings (SSSR count). The minimum absolute atomic E-state index is 0.670. The van der Waals surface area contributed by atoms with E-state index in [1.165, 1.54) is 12.8 Å². The summed E-state index contributed by atoms with van der Waals surface area (Å²) in [4.78, 5) is 0. The van der Waals surface area contributed by atoms with E-state index in [2.05, 4.69) is 25.7 Å². The predicted octanol–water partition coefficient (Wildman–Crippen LogP) is 2.77. The van der Waals surface area contributed by atoms with Gasteiger partial charge in [0.15, 0.2) is 0 Å². The first-order chi connectivity index (χ1) is 4.34. The lowest BCUT2D eigenvalue weighted by atomic mass is 9.94. The van der Waals surface area contributed by atoms with Crippen LogP contribution in [-0.4, -0.2) is 0 Å². The van der Waals surface area contributed by atoms with Crippen LogP contribution in [0.2, 0.25) is 0 Å². The van der Waals surface area contributed by atoms with Gasteiger partial charge in [-0.1, -0.05) is 25.2 Å². The summed E-state index contributed by atoms with van der Waals surface area (Å²) < 4.78 is 0. The maximum absolute atomic E-state index is 3.77. The SMILES string of the molecule is C=CC(C)C1C=CCC1. The van der Waals surface area contributed by atoms with Crippen LogP contribution >= 0.6 is 0 Å². The maximum atomic E-state index is 3.77. The molecule has 9 heavy (non-hydrogen) atoms. The molecule has 0 bridgehead atoms. The van der Waals surface area contributed by atoms with Crippen LogP contribution < -0.4 is 0 Å². The van der Waals surface area contributed by atoms with E-state index in [4.69, 9.17) is 0 Å². The summed E-state index contributed by atoms with van der Waals surface area (Å²) >= 11 is 0. The van der Waals surface area contributed by atoms with Crippen LogP contribution in [0.15, 0.2) is 24.8 Å². The van der Waals surface area contributed by atoms with Gasteiger partial charge in [0.2, 0.25) is 0 Å². The van der Waals surface area contributed by atoms with Crippen LogP contribution in [0.3, 0.4) is 0 Å². The van der Waals surface area contributed by atoms with E-state index in [1.807, 2.05) is 6.08 Å². The summed E-state index contributed by atoms with van der Waals surface area (Å²) in [5.41, 5.74) is 0. The Morgan fingerprint density at radius 3 is 3.00 bits per heavy atom. The topological polar surface area (TPSA) is 0 Å². The van der Waals surface area contributed by atoms with Crippen molar-refractivity contribution >= 4 is 0 Å². The quantitative estimate of drug-likeness (QED) is 0.494. The lowest BCUT2D eigenvalue weighted by Crippen LogP contribution is -2.01. The Labute approximate surface area is 57.3 Å². The monoisotopic (exact) mass is 122 g/mol. The second kappa shape index (κ2) is 2.86. The summed E-state index contributed by atoms with van der Waals surface area (Å²) in [6, 6.07) is 0. The fraction of sp³-hybridized carbons (Fsp3) is 0.556. The lowest BCUT2D eigenvalue weighted by molar-refractivity contribution is 0.504. The van der Waals surface area contributed by atoms with Crippen LogP contribution in [0.5, 0.6) is 0 Å². The molecule has 50 valence electrons. The molecule has 1 aliphatic carbocycles. The van der Waals surface area contributed by atoms with Crippen molar-refractivity contribution in [1.29, 1.82) is 0 Å². The van der Waals surface area contributed by atoms with E-state index in [1.54, 1.807) is 0 Å². The molecule has 0 amide bonds. The summed E-state index contributed by atoms with van der Waals surface area (Å²) in [5.74, 6) is 1.45. The molecule has 0 fully saturated rings. The van der Waals surface area contributed by atoms with Gasteiger partial charge in [0, 0.05) is 0 Å². The third-order valence-corrected chi connectivity index (χ3v) is 2.10. The van der Waals surface area contributed by atoms with Crippen LogP contribution in [0.25, 0.3) is 0 Å². The molecule has 0 spiro atoms. The Morgan fingerprint density at radius 1 is 1.78 bits per heavy atom. The second-order valence-electron chi connectivity index (χ2n) is 2.76. The second-order valence-corrected chi connectivity index (χ2v) is 2.76. The highest BCUT2D eigenvalue weighted by atomic mass is 14.2. The van der Waals surface area contributed by atoms with E-state index in [-0.39, 0.29) is 0 Å². The van der Waals surface area contributed by atoms with Crippen molar-refractivity contribution < 1.29 is 0 Å². The third kappa shape index (κ3) is 1.44. The van der Waals surface area contributed by atoms with Gasteiger partial charge in [0.25, 0.3) is 0 Å². The zero-order chi connectivity index (χ0) is 6.69. The van der Waals surface area contributed by atoms with Crippen LogP contribution in [-0.2, 0) is 0 Å². The summed E-state index contributed by atoms with van der Waals surface area (Å²) in [6.45, 7) is 6.00. The number of allylic oxidation sites excluding steroid dienone is 3. The van der Waals surface area contributed by atoms with Crippen molar-refractivity contribution in [2.24, 2.45) is 11.8 Å². The smallest absolute Gasteiger partial charge is 0.0170 e.